The van der Waals surface area contributed by atoms with Crippen LogP contribution in [0.3, 0.4) is 0 Å². The molecule has 2 rings (SSSR count). The molecule has 124 valence electrons. The molecule has 0 aromatic carbocycles. The Hall–Kier alpha value is -0.670. The fourth-order valence-corrected chi connectivity index (χ4v) is 4.96. The third kappa shape index (κ3) is 4.66. The predicted octanol–water partition coefficient (Wildman–Crippen LogP) is 1.14. The number of nitrogens with one attached hydrogen (secondary N) is 2. The highest BCUT2D eigenvalue weighted by atomic mass is 35.5. The fourth-order valence-electron chi connectivity index (χ4n) is 2.46. The van der Waals surface area contributed by atoms with Gasteiger partial charge in [-0.25, -0.2) is 13.1 Å². The van der Waals surface area contributed by atoms with Crippen LogP contribution in [-0.4, -0.2) is 52.5 Å². The standard InChI is InChI=1S/C13H20ClN3O3S2/c1-15-8-10-4-6-17(7-5-10)12(18)9-16-22(19,20)13-3-2-11(14)21-13/h2-3,10,15-16H,4-9H2,1H3. The van der Waals surface area contributed by atoms with Crippen molar-refractivity contribution >= 4 is 38.9 Å². The second-order valence-corrected chi connectivity index (χ2v) is 8.97. The molecule has 22 heavy (non-hydrogen) atoms. The minimum Gasteiger partial charge on any atom is -0.342 e. The molecule has 1 amide bonds. The number of halogens is 1. The molecule has 2 N–H and O–H groups in total. The van der Waals surface area contributed by atoms with Gasteiger partial charge >= 0.3 is 0 Å². The molecule has 9 heteroatoms. The molecule has 1 fully saturated rings. The van der Waals surface area contributed by atoms with Gasteiger partial charge in [-0.05, 0) is 44.5 Å². The van der Waals surface area contributed by atoms with E-state index in [4.69, 9.17) is 11.6 Å². The third-order valence-corrected chi connectivity index (χ3v) is 6.81. The number of thiophene rings is 1. The first-order valence-corrected chi connectivity index (χ1v) is 9.77. The first-order valence-electron chi connectivity index (χ1n) is 7.10. The Balaban J connectivity index is 1.83. The zero-order valence-electron chi connectivity index (χ0n) is 12.3. The van der Waals surface area contributed by atoms with Crippen LogP contribution >= 0.6 is 22.9 Å². The zero-order chi connectivity index (χ0) is 16.2. The molecule has 1 aromatic rings. The minimum absolute atomic E-state index is 0.123. The highest BCUT2D eigenvalue weighted by molar-refractivity contribution is 7.91. The summed E-state index contributed by atoms with van der Waals surface area (Å²) in [6, 6.07) is 2.96. The van der Waals surface area contributed by atoms with E-state index < -0.39 is 10.0 Å². The molecule has 0 radical (unpaired) electrons. The van der Waals surface area contributed by atoms with Gasteiger partial charge in [-0.1, -0.05) is 11.6 Å². The summed E-state index contributed by atoms with van der Waals surface area (Å²) >= 11 is 6.71. The Labute approximate surface area is 139 Å². The second-order valence-electron chi connectivity index (χ2n) is 5.26. The van der Waals surface area contributed by atoms with Gasteiger partial charge in [-0.3, -0.25) is 4.79 Å². The number of nitrogens with zero attached hydrogens (tertiary/aromatic N) is 1. The fraction of sp³-hybridized carbons (Fsp3) is 0.615. The second kappa shape index (κ2) is 7.74. The topological polar surface area (TPSA) is 78.5 Å². The lowest BCUT2D eigenvalue weighted by Crippen LogP contribution is -2.45. The summed E-state index contributed by atoms with van der Waals surface area (Å²) in [7, 11) is -1.75. The van der Waals surface area contributed by atoms with Crippen molar-refractivity contribution in [3.05, 3.63) is 16.5 Å². The van der Waals surface area contributed by atoms with Gasteiger partial charge in [0.1, 0.15) is 4.21 Å². The van der Waals surface area contributed by atoms with E-state index in [0.717, 1.165) is 30.7 Å². The molecule has 0 unspecified atom stereocenters. The van der Waals surface area contributed by atoms with Crippen molar-refractivity contribution in [1.29, 1.82) is 0 Å². The van der Waals surface area contributed by atoms with Crippen LogP contribution in [0.5, 0.6) is 0 Å². The number of carbonyl (C=O) groups is 1. The summed E-state index contributed by atoms with van der Waals surface area (Å²) in [5, 5.41) is 3.14. The molecule has 1 aromatic heterocycles. The number of hydrogen-bond donors (Lipinski definition) is 2. The van der Waals surface area contributed by atoms with Crippen molar-refractivity contribution in [3.63, 3.8) is 0 Å². The Morgan fingerprint density at radius 2 is 2.09 bits per heavy atom. The molecule has 0 atom stereocenters. The smallest absolute Gasteiger partial charge is 0.250 e. The van der Waals surface area contributed by atoms with E-state index in [1.165, 1.54) is 12.1 Å². The Morgan fingerprint density at radius 3 is 2.64 bits per heavy atom. The van der Waals surface area contributed by atoms with Gasteiger partial charge in [0, 0.05) is 13.1 Å². The summed E-state index contributed by atoms with van der Waals surface area (Å²) in [6.45, 7) is 2.10. The Morgan fingerprint density at radius 1 is 1.41 bits per heavy atom. The normalized spacial score (nSPS) is 16.9. The van der Waals surface area contributed by atoms with Crippen LogP contribution in [0.2, 0.25) is 4.34 Å². The van der Waals surface area contributed by atoms with Crippen LogP contribution in [0.15, 0.2) is 16.3 Å². The van der Waals surface area contributed by atoms with Gasteiger partial charge in [0.2, 0.25) is 5.91 Å². The predicted molar refractivity (Wildman–Crippen MR) is 87.7 cm³/mol. The Kier molecular flexibility index (Phi) is 6.22. The van der Waals surface area contributed by atoms with Gasteiger partial charge in [0.25, 0.3) is 10.0 Å². The van der Waals surface area contributed by atoms with Crippen molar-refractivity contribution in [1.82, 2.24) is 14.9 Å². The van der Waals surface area contributed by atoms with Crippen LogP contribution in [0.25, 0.3) is 0 Å². The highest BCUT2D eigenvalue weighted by Gasteiger charge is 2.24. The van der Waals surface area contributed by atoms with E-state index in [2.05, 4.69) is 10.0 Å². The number of hydrogen-bond acceptors (Lipinski definition) is 5. The van der Waals surface area contributed by atoms with E-state index in [-0.39, 0.29) is 16.7 Å². The van der Waals surface area contributed by atoms with Crippen LogP contribution < -0.4 is 10.0 Å². The van der Waals surface area contributed by atoms with E-state index in [1.807, 2.05) is 7.05 Å². The summed E-state index contributed by atoms with van der Waals surface area (Å²) < 4.78 is 26.9. The average molecular weight is 366 g/mol. The molecule has 0 aliphatic carbocycles. The van der Waals surface area contributed by atoms with Crippen LogP contribution in [0.4, 0.5) is 0 Å². The molecule has 0 bridgehead atoms. The minimum atomic E-state index is -3.67. The third-order valence-electron chi connectivity index (χ3n) is 3.69. The van der Waals surface area contributed by atoms with Gasteiger partial charge in [0.15, 0.2) is 0 Å². The van der Waals surface area contributed by atoms with Crippen molar-refractivity contribution in [2.24, 2.45) is 5.92 Å². The summed E-state index contributed by atoms with van der Waals surface area (Å²) in [4.78, 5) is 13.8. The number of sulfonamides is 1. The number of amides is 1. The molecule has 2 heterocycles. The van der Waals surface area contributed by atoms with E-state index in [1.54, 1.807) is 4.90 Å². The van der Waals surface area contributed by atoms with Gasteiger partial charge < -0.3 is 10.2 Å². The van der Waals surface area contributed by atoms with Crippen molar-refractivity contribution in [2.45, 2.75) is 17.1 Å². The SMILES string of the molecule is CNCC1CCN(C(=O)CNS(=O)(=O)c2ccc(Cl)s2)CC1. The van der Waals surface area contributed by atoms with Crippen LogP contribution in [0, 0.1) is 5.92 Å². The molecule has 1 saturated heterocycles. The lowest BCUT2D eigenvalue weighted by atomic mass is 9.97. The maximum Gasteiger partial charge on any atom is 0.250 e. The lowest BCUT2D eigenvalue weighted by Gasteiger charge is -2.32. The van der Waals surface area contributed by atoms with E-state index >= 15 is 0 Å². The molecule has 6 nitrogen and oxygen atoms in total. The van der Waals surface area contributed by atoms with Crippen LogP contribution in [0.1, 0.15) is 12.8 Å². The first kappa shape index (κ1) is 17.7. The highest BCUT2D eigenvalue weighted by Crippen LogP contribution is 2.25. The Bertz CT molecular complexity index is 610. The number of piperidine rings is 1. The lowest BCUT2D eigenvalue weighted by molar-refractivity contribution is -0.131. The number of likely N-dealkylation sites (tertiary alicyclic amines) is 1. The van der Waals surface area contributed by atoms with Crippen molar-refractivity contribution < 1.29 is 13.2 Å². The number of rotatable bonds is 6. The van der Waals surface area contributed by atoms with Crippen molar-refractivity contribution in [2.75, 3.05) is 33.2 Å². The maximum atomic E-state index is 12.1. The summed E-state index contributed by atoms with van der Waals surface area (Å²) in [5.74, 6) is 0.396. The average Bonchev–Trinajstić information content (AvgIpc) is 2.93. The zero-order valence-corrected chi connectivity index (χ0v) is 14.7. The molecule has 0 saturated carbocycles. The van der Waals surface area contributed by atoms with Crippen LogP contribution in [-0.2, 0) is 14.8 Å². The van der Waals surface area contributed by atoms with Gasteiger partial charge in [0.05, 0.1) is 10.9 Å². The summed E-state index contributed by atoms with van der Waals surface area (Å²) in [5.41, 5.74) is 0. The maximum absolute atomic E-state index is 12.1. The first-order chi connectivity index (χ1) is 10.4. The quantitative estimate of drug-likeness (QED) is 0.792. The van der Waals surface area contributed by atoms with Gasteiger partial charge in [-0.2, -0.15) is 0 Å². The van der Waals surface area contributed by atoms with E-state index in [0.29, 0.717) is 23.3 Å². The molecular formula is C13H20ClN3O3S2. The largest absolute Gasteiger partial charge is 0.342 e. The van der Waals surface area contributed by atoms with Gasteiger partial charge in [-0.15, -0.1) is 11.3 Å². The van der Waals surface area contributed by atoms with E-state index in [9.17, 15) is 13.2 Å². The molecule has 1 aliphatic heterocycles. The molecule has 1 aliphatic rings. The summed E-state index contributed by atoms with van der Waals surface area (Å²) in [6.07, 6.45) is 1.89. The monoisotopic (exact) mass is 365 g/mol. The molecule has 0 spiro atoms. The number of carbonyl (C=O) groups excluding carboxylic acids is 1. The van der Waals surface area contributed by atoms with Crippen molar-refractivity contribution in [3.8, 4) is 0 Å². The molecular weight excluding hydrogens is 346 g/mol.